The maximum absolute atomic E-state index is 13.8. The molecular formula is C25H22F2N2O5S. The summed E-state index contributed by atoms with van der Waals surface area (Å²) in [5.41, 5.74) is 0.996. The van der Waals surface area contributed by atoms with Gasteiger partial charge in [0.25, 0.3) is 5.56 Å². The zero-order chi connectivity index (χ0) is 25.1. The summed E-state index contributed by atoms with van der Waals surface area (Å²) in [6.45, 7) is 0. The zero-order valence-corrected chi connectivity index (χ0v) is 20.2. The number of nitrogens with zero attached hydrogens (tertiary/aromatic N) is 2. The molecule has 1 heterocycles. The second kappa shape index (κ2) is 10.2. The van der Waals surface area contributed by atoms with Crippen LogP contribution in [0.1, 0.15) is 5.56 Å². The van der Waals surface area contributed by atoms with Gasteiger partial charge in [-0.3, -0.25) is 9.36 Å². The van der Waals surface area contributed by atoms with Crippen molar-refractivity contribution in [2.45, 2.75) is 10.9 Å². The monoisotopic (exact) mass is 500 g/mol. The number of hydrogen-bond acceptors (Lipinski definition) is 7. The van der Waals surface area contributed by atoms with E-state index in [-0.39, 0.29) is 28.0 Å². The summed E-state index contributed by atoms with van der Waals surface area (Å²) in [6.07, 6.45) is 0. The van der Waals surface area contributed by atoms with E-state index in [0.717, 1.165) is 12.1 Å². The molecule has 0 aliphatic heterocycles. The van der Waals surface area contributed by atoms with Gasteiger partial charge in [0.15, 0.2) is 28.3 Å². The average Bonchev–Trinajstić information content (AvgIpc) is 2.88. The topological polar surface area (TPSA) is 71.8 Å². The van der Waals surface area contributed by atoms with Gasteiger partial charge in [-0.2, -0.15) is 0 Å². The van der Waals surface area contributed by atoms with Crippen molar-refractivity contribution in [2.75, 3.05) is 28.4 Å². The fourth-order valence-corrected chi connectivity index (χ4v) is 4.55. The van der Waals surface area contributed by atoms with Crippen molar-refractivity contribution >= 4 is 22.7 Å². The molecule has 7 nitrogen and oxygen atoms in total. The minimum atomic E-state index is -0.944. The van der Waals surface area contributed by atoms with E-state index in [9.17, 15) is 13.6 Å². The van der Waals surface area contributed by atoms with Crippen LogP contribution in [0.15, 0.2) is 58.5 Å². The number of aromatic nitrogens is 2. The normalized spacial score (nSPS) is 10.9. The molecule has 0 radical (unpaired) electrons. The van der Waals surface area contributed by atoms with Crippen molar-refractivity contribution in [2.24, 2.45) is 0 Å². The van der Waals surface area contributed by atoms with Crippen LogP contribution in [0.5, 0.6) is 23.0 Å². The van der Waals surface area contributed by atoms with Gasteiger partial charge < -0.3 is 18.9 Å². The standard InChI is InChI=1S/C25H22F2N2O5S/c1-31-16-8-6-15(7-9-16)29-24(30)17-12-20(32-2)22(33-3)23(34-4)21(17)28-25(29)35-13-14-5-10-18(26)19(27)11-14/h5-12H,13H2,1-4H3. The molecule has 182 valence electrons. The Morgan fingerprint density at radius 1 is 0.857 bits per heavy atom. The first-order chi connectivity index (χ1) is 16.9. The number of ether oxygens (including phenoxy) is 4. The summed E-state index contributed by atoms with van der Waals surface area (Å²) < 4.78 is 50.2. The van der Waals surface area contributed by atoms with Crippen molar-refractivity contribution in [3.8, 4) is 28.7 Å². The Hall–Kier alpha value is -3.79. The molecule has 0 atom stereocenters. The third-order valence-corrected chi connectivity index (χ3v) is 6.33. The molecule has 4 rings (SSSR count). The van der Waals surface area contributed by atoms with E-state index in [1.54, 1.807) is 37.4 Å². The third kappa shape index (κ3) is 4.61. The molecule has 0 N–H and O–H groups in total. The van der Waals surface area contributed by atoms with Crippen LogP contribution in [0, 0.1) is 11.6 Å². The highest BCUT2D eigenvalue weighted by atomic mass is 32.2. The minimum Gasteiger partial charge on any atom is -0.497 e. The minimum absolute atomic E-state index is 0.237. The molecule has 0 fully saturated rings. The summed E-state index contributed by atoms with van der Waals surface area (Å²) in [5.74, 6) is -0.146. The van der Waals surface area contributed by atoms with Crippen LogP contribution in [0.25, 0.3) is 16.6 Å². The fourth-order valence-electron chi connectivity index (χ4n) is 3.60. The Labute approximate surface area is 204 Å². The fraction of sp³-hybridized carbons (Fsp3) is 0.200. The van der Waals surface area contributed by atoms with Crippen LogP contribution in [0.2, 0.25) is 0 Å². The van der Waals surface area contributed by atoms with E-state index < -0.39 is 11.6 Å². The molecule has 0 aliphatic rings. The predicted octanol–water partition coefficient (Wildman–Crippen LogP) is 4.99. The summed E-state index contributed by atoms with van der Waals surface area (Å²) in [4.78, 5) is 18.5. The molecule has 1 aromatic heterocycles. The van der Waals surface area contributed by atoms with E-state index in [0.29, 0.717) is 33.7 Å². The van der Waals surface area contributed by atoms with Gasteiger partial charge in [0.05, 0.1) is 39.5 Å². The Kier molecular flexibility index (Phi) is 7.11. The number of halogens is 2. The lowest BCUT2D eigenvalue weighted by atomic mass is 10.2. The first-order valence-electron chi connectivity index (χ1n) is 10.4. The SMILES string of the molecule is COc1ccc(-n2c(SCc3ccc(F)c(F)c3)nc3c(OC)c(OC)c(OC)cc3c2=O)cc1. The molecule has 3 aromatic carbocycles. The van der Waals surface area contributed by atoms with Crippen LogP contribution in [-0.4, -0.2) is 38.0 Å². The first kappa shape index (κ1) is 24.3. The molecule has 35 heavy (non-hydrogen) atoms. The average molecular weight is 501 g/mol. The van der Waals surface area contributed by atoms with Gasteiger partial charge >= 0.3 is 0 Å². The number of benzene rings is 3. The van der Waals surface area contributed by atoms with E-state index in [2.05, 4.69) is 0 Å². The van der Waals surface area contributed by atoms with E-state index in [4.69, 9.17) is 23.9 Å². The maximum atomic E-state index is 13.8. The van der Waals surface area contributed by atoms with Gasteiger partial charge in [-0.1, -0.05) is 17.8 Å². The van der Waals surface area contributed by atoms with Crippen molar-refractivity contribution < 1.29 is 27.7 Å². The zero-order valence-electron chi connectivity index (χ0n) is 19.4. The molecule has 0 spiro atoms. The highest BCUT2D eigenvalue weighted by molar-refractivity contribution is 7.98. The highest BCUT2D eigenvalue weighted by Gasteiger charge is 2.23. The van der Waals surface area contributed by atoms with E-state index in [1.165, 1.54) is 43.7 Å². The second-order valence-corrected chi connectivity index (χ2v) is 8.25. The van der Waals surface area contributed by atoms with Crippen molar-refractivity contribution in [1.82, 2.24) is 9.55 Å². The van der Waals surface area contributed by atoms with Crippen LogP contribution in [0.4, 0.5) is 8.78 Å². The van der Waals surface area contributed by atoms with E-state index >= 15 is 0 Å². The first-order valence-corrected chi connectivity index (χ1v) is 11.4. The van der Waals surface area contributed by atoms with E-state index in [1.807, 2.05) is 0 Å². The summed E-state index contributed by atoms with van der Waals surface area (Å²) in [6, 6.07) is 12.1. The Bertz CT molecular complexity index is 1440. The highest BCUT2D eigenvalue weighted by Crippen LogP contribution is 2.42. The van der Waals surface area contributed by atoms with Crippen molar-refractivity contribution in [1.29, 1.82) is 0 Å². The molecule has 0 saturated heterocycles. The Balaban J connectivity index is 1.94. The van der Waals surface area contributed by atoms with Crippen LogP contribution < -0.4 is 24.5 Å². The molecule has 0 saturated carbocycles. The summed E-state index contributed by atoms with van der Waals surface area (Å²) in [7, 11) is 5.92. The maximum Gasteiger partial charge on any atom is 0.266 e. The lowest BCUT2D eigenvalue weighted by molar-refractivity contribution is 0.326. The van der Waals surface area contributed by atoms with Crippen molar-refractivity contribution in [3.63, 3.8) is 0 Å². The van der Waals surface area contributed by atoms with Gasteiger partial charge in [-0.15, -0.1) is 0 Å². The van der Waals surface area contributed by atoms with Crippen molar-refractivity contribution in [3.05, 3.63) is 76.1 Å². The quantitative estimate of drug-likeness (QED) is 0.249. The molecular weight excluding hydrogens is 478 g/mol. The lowest BCUT2D eigenvalue weighted by Gasteiger charge is -2.17. The van der Waals surface area contributed by atoms with Gasteiger partial charge in [-0.25, -0.2) is 13.8 Å². The summed E-state index contributed by atoms with van der Waals surface area (Å²) in [5, 5.41) is 0.579. The van der Waals surface area contributed by atoms with Crippen LogP contribution in [0.3, 0.4) is 0 Å². The van der Waals surface area contributed by atoms with Crippen LogP contribution >= 0.6 is 11.8 Å². The third-order valence-electron chi connectivity index (χ3n) is 5.32. The Morgan fingerprint density at radius 2 is 1.57 bits per heavy atom. The van der Waals surface area contributed by atoms with Gasteiger partial charge in [0, 0.05) is 5.75 Å². The lowest BCUT2D eigenvalue weighted by Crippen LogP contribution is -2.22. The molecule has 0 bridgehead atoms. The molecule has 0 unspecified atom stereocenters. The molecule has 0 aliphatic carbocycles. The van der Waals surface area contributed by atoms with Crippen LogP contribution in [-0.2, 0) is 5.75 Å². The summed E-state index contributed by atoms with van der Waals surface area (Å²) >= 11 is 1.19. The number of methoxy groups -OCH3 is 4. The molecule has 4 aromatic rings. The van der Waals surface area contributed by atoms with Gasteiger partial charge in [0.2, 0.25) is 5.75 Å². The number of rotatable bonds is 8. The largest absolute Gasteiger partial charge is 0.497 e. The predicted molar refractivity (Wildman–Crippen MR) is 129 cm³/mol. The number of thioether (sulfide) groups is 1. The van der Waals surface area contributed by atoms with Gasteiger partial charge in [-0.05, 0) is 48.0 Å². The Morgan fingerprint density at radius 3 is 2.17 bits per heavy atom. The smallest absolute Gasteiger partial charge is 0.266 e. The second-order valence-electron chi connectivity index (χ2n) is 7.31. The number of hydrogen-bond donors (Lipinski definition) is 0. The van der Waals surface area contributed by atoms with Gasteiger partial charge in [0.1, 0.15) is 11.3 Å². The molecule has 10 heteroatoms. The molecule has 0 amide bonds. The number of fused-ring (bicyclic) bond motifs is 1.